The van der Waals surface area contributed by atoms with Gasteiger partial charge in [0.2, 0.25) is 24.8 Å². The summed E-state index contributed by atoms with van der Waals surface area (Å²) in [5.74, 6) is -2.96. The molecule has 9 atom stereocenters. The Bertz CT molecular complexity index is 3690. The van der Waals surface area contributed by atoms with Crippen LogP contribution in [0.3, 0.4) is 0 Å². The summed E-state index contributed by atoms with van der Waals surface area (Å²) >= 11 is 0. The van der Waals surface area contributed by atoms with Crippen LogP contribution in [0.1, 0.15) is 247 Å². The van der Waals surface area contributed by atoms with Gasteiger partial charge in [-0.05, 0) is 176 Å². The van der Waals surface area contributed by atoms with Gasteiger partial charge in [0.25, 0.3) is 5.52 Å². The van der Waals surface area contributed by atoms with Crippen LogP contribution in [0, 0.1) is 79.9 Å². The minimum Gasteiger partial charge on any atom is -0.463 e. The largest absolute Gasteiger partial charge is 0.463 e. The van der Waals surface area contributed by atoms with Crippen LogP contribution >= 0.6 is 7.14 Å². The van der Waals surface area contributed by atoms with E-state index in [1.165, 1.54) is 30.9 Å². The van der Waals surface area contributed by atoms with E-state index in [4.69, 9.17) is 71.2 Å². The van der Waals surface area contributed by atoms with Crippen molar-refractivity contribution < 1.29 is 129 Å². The molecule has 2 aromatic carbocycles. The summed E-state index contributed by atoms with van der Waals surface area (Å²) in [4.78, 5) is 174. The van der Waals surface area contributed by atoms with Crippen LogP contribution in [0.25, 0.3) is 0 Å². The van der Waals surface area contributed by atoms with Crippen molar-refractivity contribution >= 4 is 76.1 Å². The van der Waals surface area contributed by atoms with Gasteiger partial charge in [0.05, 0.1) is 79.1 Å². The maximum atomic E-state index is 12.1. The van der Waals surface area contributed by atoms with Gasteiger partial charge in [-0.1, -0.05) is 199 Å². The Morgan fingerprint density at radius 3 is 1.14 bits per heavy atom. The molecule has 1 heterocycles. The minimum absolute atomic E-state index is 0.0168. The first kappa shape index (κ1) is 131. The van der Waals surface area contributed by atoms with Gasteiger partial charge in [-0.25, -0.2) is 14.4 Å². The smallest absolute Gasteiger partial charge is 0.382 e. The summed E-state index contributed by atoms with van der Waals surface area (Å²) in [6, 6.07) is 20.1. The molecule has 1 saturated heterocycles. The number of hydrogen-bond donors (Lipinski definition) is 1. The van der Waals surface area contributed by atoms with Crippen LogP contribution in [0.5, 0.6) is 0 Å². The molecule has 1 unspecified atom stereocenters. The monoisotopic (exact) mass is 1880 g/mol. The van der Waals surface area contributed by atoms with Gasteiger partial charge >= 0.3 is 42.5 Å². The standard InChI is InChI=1S/C20H27NOSi.2C18H31NO5.C13H25NO4.C7H14O2.C6H11NO2.C6H11O4P.4CO2/c1-23(2,3)22-20(19-15-10-16-21-19,17-11-6-4-7-12-17)18-13-8-5-9-14-18;2*1-7-13(8-2)24-15-11-12(17(20)23-9-3)10-14(19(21)22)16(15)18(4,5)6;1-6-10(7-2)18-12(9-15)11(8-14(16)17)13(3,4)5;1-3-7(4-2)9-6-5-8;1-6(2,3)4-5-7(8)9;1-4-10-5(7)6(8)11(2,3)9;4*2-1-3/h4-9,11-14,19,21H,10,15-16H2,1-3H3;2*11,13-16H,7-10H2,1-6H3;9-12H,6-8H2,1-5H3;5,7H,3-4,6H2,1-2H3;4-5H,1-3H3;4H2,1-3H3;;;;/b;;;;;5-4+;;;;;/t19-;14?,15-,16-;14-,15+,16-;11-,12-;;;;;;;/m1111......./s1. The van der Waals surface area contributed by atoms with Crippen LogP contribution in [-0.2, 0) is 115 Å². The molecule has 0 amide bonds. The SMILES string of the molecule is CC(C)(C)/C=C/[N+](=O)[O-].CCC(CC)OCC=O.CCC(CC)O[C@H](C=O)[C@@H](C[N+](=O)[O-])C(C)(C)C.CCOC(=O)C(=O)P(C)(C)=O.CCOC(=O)C1=C[C@@H](OC(CC)CC)[C@H](C(C)(C)C)C([N+](=O)[O-])C1.CCOC(=O)C1=C[C@H](OC(CC)CC)[C@H](C(C)(C)C)[C@H]([N+](=O)[O-])C1.C[Si](C)(C)OC(c1ccccc1)(c1ccccc1)[C@H]1CCCN1.O=C=O.O=C=O.O=C=O.O=C=O. The third kappa shape index (κ3) is 56.2. The Balaban J connectivity index is -0.000000346. The third-order valence-corrected chi connectivity index (χ3v) is 22.0. The molecule has 38 heteroatoms. The molecule has 0 saturated carbocycles. The average Bonchev–Trinajstić information content (AvgIpc) is 1.43. The normalized spacial score (nSPS) is 17.3. The van der Waals surface area contributed by atoms with Gasteiger partial charge in [0.15, 0.2) is 15.5 Å². The number of nitro groups is 4. The molecule has 1 aliphatic heterocycles. The molecular weight excluding hydrogens is 1730 g/mol. The zero-order chi connectivity index (χ0) is 102. The van der Waals surface area contributed by atoms with E-state index in [-0.39, 0.29) is 143 Å². The number of rotatable bonds is 36. The van der Waals surface area contributed by atoms with Gasteiger partial charge in [0, 0.05) is 44.8 Å². The van der Waals surface area contributed by atoms with E-state index in [1.54, 1.807) is 39.0 Å². The van der Waals surface area contributed by atoms with Crippen molar-refractivity contribution in [3.8, 4) is 0 Å². The predicted molar refractivity (Wildman–Crippen MR) is 487 cm³/mol. The first-order valence-electron chi connectivity index (χ1n) is 43.6. The molecular formula is C92H150N5O31PSi. The predicted octanol–water partition coefficient (Wildman–Crippen LogP) is 16.3. The Hall–Kier alpha value is -9.59. The van der Waals surface area contributed by atoms with Gasteiger partial charge in [-0.3, -0.25) is 45.3 Å². The average molecular weight is 1880 g/mol. The fraction of sp³-hybridized carbons (Fsp3) is 0.696. The number of nitrogens with one attached hydrogen (secondary N) is 1. The fourth-order valence-electron chi connectivity index (χ4n) is 13.8. The molecule has 0 spiro atoms. The highest BCUT2D eigenvalue weighted by Gasteiger charge is 2.52. The number of ether oxygens (including phenoxy) is 7. The number of nitrogens with zero attached hydrogens (tertiary/aromatic N) is 4. The molecule has 0 radical (unpaired) electrons. The molecule has 1 fully saturated rings. The molecule has 3 aliphatic rings. The van der Waals surface area contributed by atoms with Gasteiger partial charge in [-0.2, -0.15) is 38.4 Å². The lowest BCUT2D eigenvalue weighted by Gasteiger charge is -2.44. The van der Waals surface area contributed by atoms with Crippen molar-refractivity contribution in [2.24, 2.45) is 39.4 Å². The van der Waals surface area contributed by atoms with Gasteiger partial charge in [-0.15, -0.1) is 0 Å². The van der Waals surface area contributed by atoms with Crippen molar-refractivity contribution in [2.75, 3.05) is 52.8 Å². The molecule has 130 heavy (non-hydrogen) atoms. The lowest BCUT2D eigenvalue weighted by Crippen LogP contribution is -2.53. The highest BCUT2D eigenvalue weighted by atomic mass is 31.2. The van der Waals surface area contributed by atoms with E-state index < -0.39 is 85.7 Å². The van der Waals surface area contributed by atoms with Crippen molar-refractivity contribution in [1.82, 2.24) is 5.32 Å². The highest BCUT2D eigenvalue weighted by molar-refractivity contribution is 7.81. The fourth-order valence-corrected chi connectivity index (χ4v) is 15.7. The van der Waals surface area contributed by atoms with E-state index in [1.807, 2.05) is 125 Å². The zero-order valence-electron chi connectivity index (χ0n) is 81.9. The summed E-state index contributed by atoms with van der Waals surface area (Å²) in [7, 11) is -4.72. The number of hydrogen-bond acceptors (Lipinski definition) is 32. The lowest BCUT2D eigenvalue weighted by atomic mass is 9.68. The zero-order valence-corrected chi connectivity index (χ0v) is 83.8. The minimum atomic E-state index is -2.96. The second-order valence-electron chi connectivity index (χ2n) is 35.4. The van der Waals surface area contributed by atoms with Gasteiger partial charge in [0.1, 0.15) is 30.9 Å². The summed E-state index contributed by atoms with van der Waals surface area (Å²) in [5.41, 5.74) is 0.850. The van der Waals surface area contributed by atoms with E-state index >= 15 is 0 Å². The van der Waals surface area contributed by atoms with Crippen LogP contribution < -0.4 is 5.32 Å². The molecule has 36 nitrogen and oxygen atoms in total. The highest BCUT2D eigenvalue weighted by Crippen LogP contribution is 2.45. The van der Waals surface area contributed by atoms with E-state index in [9.17, 15) is 73.8 Å². The number of carbonyl (C=O) groups is 6. The van der Waals surface area contributed by atoms with E-state index in [0.29, 0.717) is 23.5 Å². The van der Waals surface area contributed by atoms with Crippen LogP contribution in [0.4, 0.5) is 0 Å². The number of allylic oxidation sites excluding steroid dienone is 1. The lowest BCUT2D eigenvalue weighted by molar-refractivity contribution is -0.539. The molecule has 0 bridgehead atoms. The molecule has 738 valence electrons. The molecule has 2 aromatic rings. The van der Waals surface area contributed by atoms with Gasteiger partial charge < -0.3 is 57.1 Å². The Morgan fingerprint density at radius 1 is 0.546 bits per heavy atom. The Morgan fingerprint density at radius 2 is 0.900 bits per heavy atom. The molecule has 2 aliphatic carbocycles. The maximum Gasteiger partial charge on any atom is 0.382 e. The number of carbonyl (C=O) groups excluding carboxylic acids is 14. The Kier molecular flexibility index (Phi) is 70.8. The van der Waals surface area contributed by atoms with Crippen LogP contribution in [0.2, 0.25) is 19.6 Å². The third-order valence-electron chi connectivity index (χ3n) is 19.9. The second-order valence-corrected chi connectivity index (χ2v) is 42.9. The first-order valence-corrected chi connectivity index (χ1v) is 49.6. The number of aldehydes is 2. The van der Waals surface area contributed by atoms with E-state index in [0.717, 1.165) is 76.8 Å². The van der Waals surface area contributed by atoms with Crippen LogP contribution in [-0.4, -0.2) is 202 Å². The first-order chi connectivity index (χ1) is 60.4. The molecule has 5 rings (SSSR count). The van der Waals surface area contributed by atoms with Crippen LogP contribution in [0.15, 0.2) is 96.2 Å². The van der Waals surface area contributed by atoms with Crippen molar-refractivity contribution in [1.29, 1.82) is 0 Å². The summed E-state index contributed by atoms with van der Waals surface area (Å²) in [5, 5.41) is 47.6. The number of benzene rings is 2. The topological polar surface area (TPSA) is 514 Å². The Labute approximate surface area is 769 Å². The summed E-state index contributed by atoms with van der Waals surface area (Å²) in [6.45, 7) is 55.6. The number of esters is 3. The summed E-state index contributed by atoms with van der Waals surface area (Å²) < 4.78 is 55.6. The maximum absolute atomic E-state index is 12.1. The second kappa shape index (κ2) is 70.2. The molecule has 0 aromatic heterocycles. The van der Waals surface area contributed by atoms with Crippen molar-refractivity contribution in [3.05, 3.63) is 148 Å². The van der Waals surface area contributed by atoms with Crippen molar-refractivity contribution in [3.63, 3.8) is 0 Å². The van der Waals surface area contributed by atoms with Crippen molar-refractivity contribution in [2.45, 2.75) is 322 Å². The molecule has 1 N–H and O–H groups in total. The summed E-state index contributed by atoms with van der Waals surface area (Å²) in [6.07, 6.45) is 16.7. The van der Waals surface area contributed by atoms with E-state index in [2.05, 4.69) is 104 Å². The quantitative estimate of drug-likeness (QED) is 0.00967.